The summed E-state index contributed by atoms with van der Waals surface area (Å²) in [6.45, 7) is 4.09. The lowest BCUT2D eigenvalue weighted by atomic mass is 9.72. The van der Waals surface area contributed by atoms with Crippen LogP contribution in [0, 0.1) is 0 Å². The number of rotatable bonds is 2. The van der Waals surface area contributed by atoms with Crippen molar-refractivity contribution in [3.63, 3.8) is 0 Å². The van der Waals surface area contributed by atoms with Gasteiger partial charge in [-0.15, -0.1) is 0 Å². The third-order valence-electron chi connectivity index (χ3n) is 3.56. The monoisotopic (exact) mass is 268 g/mol. The van der Waals surface area contributed by atoms with Crippen LogP contribution < -0.4 is 0 Å². The molecule has 0 aliphatic carbocycles. The number of benzene rings is 1. The average molecular weight is 269 g/mol. The molecule has 15 heavy (non-hydrogen) atoms. The SMILES string of the molecule is CCC1(c2cccc(Br)c2)CCOCC1. The number of halogens is 1. The first-order valence-corrected chi connectivity index (χ1v) is 6.40. The molecule has 0 bridgehead atoms. The fourth-order valence-electron chi connectivity index (χ4n) is 2.43. The molecule has 1 aliphatic rings. The molecule has 2 heteroatoms. The third kappa shape index (κ3) is 2.26. The topological polar surface area (TPSA) is 9.23 Å². The highest BCUT2D eigenvalue weighted by atomic mass is 79.9. The zero-order chi connectivity index (χ0) is 10.7. The third-order valence-corrected chi connectivity index (χ3v) is 4.06. The van der Waals surface area contributed by atoms with E-state index in [2.05, 4.69) is 47.1 Å². The summed E-state index contributed by atoms with van der Waals surface area (Å²) in [5.41, 5.74) is 1.81. The summed E-state index contributed by atoms with van der Waals surface area (Å²) in [6, 6.07) is 8.73. The summed E-state index contributed by atoms with van der Waals surface area (Å²) in [4.78, 5) is 0. The fourth-order valence-corrected chi connectivity index (χ4v) is 2.83. The lowest BCUT2D eigenvalue weighted by Gasteiger charge is -2.37. The summed E-state index contributed by atoms with van der Waals surface area (Å²) in [6.07, 6.45) is 3.51. The van der Waals surface area contributed by atoms with Crippen LogP contribution >= 0.6 is 15.9 Å². The molecule has 0 saturated carbocycles. The smallest absolute Gasteiger partial charge is 0.0474 e. The van der Waals surface area contributed by atoms with Gasteiger partial charge in [-0.05, 0) is 42.4 Å². The minimum Gasteiger partial charge on any atom is -0.381 e. The van der Waals surface area contributed by atoms with Gasteiger partial charge in [0.15, 0.2) is 0 Å². The summed E-state index contributed by atoms with van der Waals surface area (Å²) >= 11 is 3.55. The summed E-state index contributed by atoms with van der Waals surface area (Å²) in [5.74, 6) is 0. The van der Waals surface area contributed by atoms with Crippen LogP contribution in [-0.4, -0.2) is 13.2 Å². The zero-order valence-corrected chi connectivity index (χ0v) is 10.7. The van der Waals surface area contributed by atoms with E-state index in [9.17, 15) is 0 Å². The van der Waals surface area contributed by atoms with Gasteiger partial charge in [0, 0.05) is 17.7 Å². The molecule has 0 aromatic heterocycles. The van der Waals surface area contributed by atoms with E-state index in [4.69, 9.17) is 4.74 Å². The van der Waals surface area contributed by atoms with Crippen molar-refractivity contribution < 1.29 is 4.74 Å². The molecular formula is C13H17BrO. The Hall–Kier alpha value is -0.340. The van der Waals surface area contributed by atoms with E-state index in [1.807, 2.05) is 0 Å². The van der Waals surface area contributed by atoms with Gasteiger partial charge in [0.05, 0.1) is 0 Å². The van der Waals surface area contributed by atoms with Crippen molar-refractivity contribution in [2.24, 2.45) is 0 Å². The quantitative estimate of drug-likeness (QED) is 0.791. The minimum atomic E-state index is 0.349. The van der Waals surface area contributed by atoms with Crippen molar-refractivity contribution in [3.8, 4) is 0 Å². The van der Waals surface area contributed by atoms with Crippen LogP contribution in [0.1, 0.15) is 31.7 Å². The average Bonchev–Trinajstić information content (AvgIpc) is 2.30. The second kappa shape index (κ2) is 4.67. The van der Waals surface area contributed by atoms with E-state index in [0.29, 0.717) is 5.41 Å². The highest BCUT2D eigenvalue weighted by molar-refractivity contribution is 9.10. The zero-order valence-electron chi connectivity index (χ0n) is 9.13. The van der Waals surface area contributed by atoms with Crippen molar-refractivity contribution in [1.29, 1.82) is 0 Å². The van der Waals surface area contributed by atoms with Gasteiger partial charge in [-0.1, -0.05) is 35.0 Å². The van der Waals surface area contributed by atoms with E-state index in [-0.39, 0.29) is 0 Å². The molecule has 0 atom stereocenters. The molecule has 1 aliphatic heterocycles. The van der Waals surface area contributed by atoms with E-state index in [1.165, 1.54) is 16.5 Å². The second-order valence-electron chi connectivity index (χ2n) is 4.26. The van der Waals surface area contributed by atoms with E-state index in [1.54, 1.807) is 0 Å². The highest BCUT2D eigenvalue weighted by Crippen LogP contribution is 2.38. The first-order chi connectivity index (χ1) is 7.27. The Kier molecular flexibility index (Phi) is 3.47. The molecule has 0 unspecified atom stereocenters. The minimum absolute atomic E-state index is 0.349. The largest absolute Gasteiger partial charge is 0.381 e. The Labute approximate surface area is 100.0 Å². The molecule has 0 spiro atoms. The van der Waals surface area contributed by atoms with E-state index in [0.717, 1.165) is 26.1 Å². The van der Waals surface area contributed by atoms with Gasteiger partial charge in [-0.3, -0.25) is 0 Å². The summed E-state index contributed by atoms with van der Waals surface area (Å²) in [5, 5.41) is 0. The van der Waals surface area contributed by atoms with Gasteiger partial charge >= 0.3 is 0 Å². The van der Waals surface area contributed by atoms with Crippen molar-refractivity contribution in [2.75, 3.05) is 13.2 Å². The number of ether oxygens (including phenoxy) is 1. The Bertz CT molecular complexity index is 329. The predicted molar refractivity (Wildman–Crippen MR) is 66.2 cm³/mol. The van der Waals surface area contributed by atoms with Crippen LogP contribution in [0.15, 0.2) is 28.7 Å². The van der Waals surface area contributed by atoms with Gasteiger partial charge < -0.3 is 4.74 Å². The summed E-state index contributed by atoms with van der Waals surface area (Å²) in [7, 11) is 0. The molecule has 1 saturated heterocycles. The van der Waals surface area contributed by atoms with Gasteiger partial charge in [0.2, 0.25) is 0 Å². The molecule has 2 rings (SSSR count). The molecule has 82 valence electrons. The Morgan fingerprint density at radius 3 is 2.67 bits per heavy atom. The molecule has 1 aromatic carbocycles. The van der Waals surface area contributed by atoms with Gasteiger partial charge in [0.1, 0.15) is 0 Å². The number of hydrogen-bond donors (Lipinski definition) is 0. The molecule has 1 aromatic rings. The van der Waals surface area contributed by atoms with Crippen molar-refractivity contribution in [2.45, 2.75) is 31.6 Å². The Morgan fingerprint density at radius 1 is 1.33 bits per heavy atom. The van der Waals surface area contributed by atoms with Gasteiger partial charge in [0.25, 0.3) is 0 Å². The Morgan fingerprint density at radius 2 is 2.07 bits per heavy atom. The van der Waals surface area contributed by atoms with E-state index >= 15 is 0 Å². The summed E-state index contributed by atoms with van der Waals surface area (Å²) < 4.78 is 6.65. The molecule has 1 heterocycles. The maximum absolute atomic E-state index is 5.47. The van der Waals surface area contributed by atoms with Crippen LogP contribution in [0.3, 0.4) is 0 Å². The van der Waals surface area contributed by atoms with Crippen LogP contribution in [0.2, 0.25) is 0 Å². The lowest BCUT2D eigenvalue weighted by Crippen LogP contribution is -2.33. The first-order valence-electron chi connectivity index (χ1n) is 5.61. The van der Waals surface area contributed by atoms with Crippen LogP contribution in [0.5, 0.6) is 0 Å². The fraction of sp³-hybridized carbons (Fsp3) is 0.538. The molecule has 0 radical (unpaired) electrons. The first kappa shape index (κ1) is 11.2. The standard InChI is InChI=1S/C13H17BrO/c1-2-13(6-8-15-9-7-13)11-4-3-5-12(14)10-11/h3-5,10H,2,6-9H2,1H3. The van der Waals surface area contributed by atoms with Crippen molar-refractivity contribution in [3.05, 3.63) is 34.3 Å². The maximum Gasteiger partial charge on any atom is 0.0474 e. The van der Waals surface area contributed by atoms with Crippen LogP contribution in [-0.2, 0) is 10.2 Å². The number of hydrogen-bond acceptors (Lipinski definition) is 1. The van der Waals surface area contributed by atoms with Crippen LogP contribution in [0.25, 0.3) is 0 Å². The van der Waals surface area contributed by atoms with Crippen LogP contribution in [0.4, 0.5) is 0 Å². The van der Waals surface area contributed by atoms with E-state index < -0.39 is 0 Å². The lowest BCUT2D eigenvalue weighted by molar-refractivity contribution is 0.0485. The predicted octanol–water partition coefficient (Wildman–Crippen LogP) is 3.91. The maximum atomic E-state index is 5.47. The molecule has 0 N–H and O–H groups in total. The Balaban J connectivity index is 2.32. The molecule has 1 nitrogen and oxygen atoms in total. The van der Waals surface area contributed by atoms with Crippen molar-refractivity contribution in [1.82, 2.24) is 0 Å². The van der Waals surface area contributed by atoms with Crippen molar-refractivity contribution >= 4 is 15.9 Å². The highest BCUT2D eigenvalue weighted by Gasteiger charge is 2.32. The molecular weight excluding hydrogens is 252 g/mol. The molecule has 0 amide bonds. The normalized spacial score (nSPS) is 20.1. The van der Waals surface area contributed by atoms with Gasteiger partial charge in [-0.25, -0.2) is 0 Å². The molecule has 1 fully saturated rings. The van der Waals surface area contributed by atoms with Gasteiger partial charge in [-0.2, -0.15) is 0 Å². The second-order valence-corrected chi connectivity index (χ2v) is 5.17.